The number of methoxy groups -OCH3 is 1. The molecule has 0 saturated carbocycles. The first-order valence-corrected chi connectivity index (χ1v) is 7.67. The highest BCUT2D eigenvalue weighted by Gasteiger charge is 2.28. The van der Waals surface area contributed by atoms with Crippen molar-refractivity contribution in [2.45, 2.75) is 32.7 Å². The molecule has 0 bridgehead atoms. The summed E-state index contributed by atoms with van der Waals surface area (Å²) in [5, 5.41) is 0. The second-order valence-electron chi connectivity index (χ2n) is 3.80. The van der Waals surface area contributed by atoms with Crippen molar-refractivity contribution in [1.29, 1.82) is 0 Å². The summed E-state index contributed by atoms with van der Waals surface area (Å²) in [4.78, 5) is -0.00151. The van der Waals surface area contributed by atoms with Crippen LogP contribution in [-0.4, -0.2) is 49.8 Å². The van der Waals surface area contributed by atoms with E-state index in [0.717, 1.165) is 12.8 Å². The summed E-state index contributed by atoms with van der Waals surface area (Å²) in [6, 6.07) is -0.0236. The number of ether oxygens (including phenoxy) is 1. The first-order chi connectivity index (χ1) is 7.88. The molecule has 0 atom stereocenters. The Morgan fingerprint density at radius 1 is 1.41 bits per heavy atom. The van der Waals surface area contributed by atoms with Crippen LogP contribution in [0.1, 0.15) is 26.7 Å². The molecule has 17 heavy (non-hydrogen) atoms. The van der Waals surface area contributed by atoms with Gasteiger partial charge in [0.2, 0.25) is 10.0 Å². The van der Waals surface area contributed by atoms with E-state index in [9.17, 15) is 8.42 Å². The van der Waals surface area contributed by atoms with Crippen LogP contribution in [0.3, 0.4) is 0 Å². The highest BCUT2D eigenvalue weighted by Crippen LogP contribution is 2.14. The minimum atomic E-state index is -3.43. The molecule has 0 radical (unpaired) electrons. The van der Waals surface area contributed by atoms with Gasteiger partial charge in [-0.3, -0.25) is 0 Å². The summed E-state index contributed by atoms with van der Waals surface area (Å²) in [6.45, 7) is 4.63. The van der Waals surface area contributed by atoms with Crippen molar-refractivity contribution < 1.29 is 13.2 Å². The van der Waals surface area contributed by atoms with Crippen molar-refractivity contribution in [3.63, 3.8) is 0 Å². The van der Waals surface area contributed by atoms with Gasteiger partial charge in [0.15, 0.2) is 0 Å². The molecule has 0 aromatic rings. The number of thiocarbonyl (C=S) groups is 1. The highest BCUT2D eigenvalue weighted by molar-refractivity contribution is 7.92. The standard InChI is InChI=1S/C10H22N2O3S2/c1-4-9(5-2)12(6-7-15-3)17(13,14)8-10(11)16/h9H,4-8H2,1-3H3,(H2,11,16). The molecule has 0 rings (SSSR count). The molecule has 0 aliphatic heterocycles. The van der Waals surface area contributed by atoms with Crippen molar-refractivity contribution in [1.82, 2.24) is 4.31 Å². The number of hydrogen-bond acceptors (Lipinski definition) is 4. The van der Waals surface area contributed by atoms with E-state index in [2.05, 4.69) is 12.2 Å². The van der Waals surface area contributed by atoms with E-state index in [-0.39, 0.29) is 16.8 Å². The summed E-state index contributed by atoms with van der Waals surface area (Å²) in [7, 11) is -1.88. The van der Waals surface area contributed by atoms with E-state index in [0.29, 0.717) is 13.2 Å². The number of hydrogen-bond donors (Lipinski definition) is 1. The van der Waals surface area contributed by atoms with Gasteiger partial charge in [0.05, 0.1) is 11.6 Å². The molecule has 0 aliphatic carbocycles. The zero-order valence-corrected chi connectivity index (χ0v) is 12.3. The van der Waals surface area contributed by atoms with Crippen molar-refractivity contribution >= 4 is 27.2 Å². The lowest BCUT2D eigenvalue weighted by molar-refractivity contribution is 0.163. The molecule has 7 heteroatoms. The number of nitrogens with two attached hydrogens (primary N) is 1. The molecule has 0 aliphatic rings. The second kappa shape index (κ2) is 7.97. The van der Waals surface area contributed by atoms with Gasteiger partial charge in [0.25, 0.3) is 0 Å². The van der Waals surface area contributed by atoms with Crippen LogP contribution in [0.5, 0.6) is 0 Å². The summed E-state index contributed by atoms with van der Waals surface area (Å²) >= 11 is 4.68. The van der Waals surface area contributed by atoms with Crippen LogP contribution >= 0.6 is 12.2 Å². The van der Waals surface area contributed by atoms with Gasteiger partial charge >= 0.3 is 0 Å². The average molecular weight is 282 g/mol. The second-order valence-corrected chi connectivity index (χ2v) is 6.24. The van der Waals surface area contributed by atoms with Crippen LogP contribution in [0.4, 0.5) is 0 Å². The molecular weight excluding hydrogens is 260 g/mol. The lowest BCUT2D eigenvalue weighted by Gasteiger charge is -2.29. The lowest BCUT2D eigenvalue weighted by Crippen LogP contribution is -2.44. The maximum Gasteiger partial charge on any atom is 0.220 e. The SMILES string of the molecule is CCC(CC)N(CCOC)S(=O)(=O)CC(N)=S. The van der Waals surface area contributed by atoms with Crippen LogP contribution in [0.2, 0.25) is 0 Å². The first-order valence-electron chi connectivity index (χ1n) is 5.65. The van der Waals surface area contributed by atoms with Gasteiger partial charge in [0, 0.05) is 19.7 Å². The molecule has 0 amide bonds. The van der Waals surface area contributed by atoms with Crippen LogP contribution in [-0.2, 0) is 14.8 Å². The molecule has 0 aromatic heterocycles. The highest BCUT2D eigenvalue weighted by atomic mass is 32.2. The van der Waals surface area contributed by atoms with Gasteiger partial charge in [-0.2, -0.15) is 4.31 Å². The van der Waals surface area contributed by atoms with Crippen LogP contribution in [0.25, 0.3) is 0 Å². The fourth-order valence-corrected chi connectivity index (χ4v) is 3.77. The average Bonchev–Trinajstić information content (AvgIpc) is 2.22. The predicted molar refractivity (Wildman–Crippen MR) is 73.5 cm³/mol. The zero-order valence-electron chi connectivity index (χ0n) is 10.7. The fraction of sp³-hybridized carbons (Fsp3) is 0.900. The Labute approximate surface area is 109 Å². The van der Waals surface area contributed by atoms with Crippen LogP contribution in [0, 0.1) is 0 Å². The summed E-state index contributed by atoms with van der Waals surface area (Å²) in [6.07, 6.45) is 1.52. The summed E-state index contributed by atoms with van der Waals surface area (Å²) < 4.78 is 30.6. The number of rotatable bonds is 9. The third-order valence-corrected chi connectivity index (χ3v) is 4.75. The van der Waals surface area contributed by atoms with Gasteiger partial charge < -0.3 is 10.5 Å². The maximum atomic E-state index is 12.1. The Bertz CT molecular complexity index is 326. The monoisotopic (exact) mass is 282 g/mol. The molecule has 0 saturated heterocycles. The Morgan fingerprint density at radius 3 is 2.29 bits per heavy atom. The van der Waals surface area contributed by atoms with E-state index in [1.807, 2.05) is 13.8 Å². The molecule has 0 unspecified atom stereocenters. The molecule has 102 valence electrons. The lowest BCUT2D eigenvalue weighted by atomic mass is 10.2. The first kappa shape index (κ1) is 16.8. The summed E-state index contributed by atoms with van der Waals surface area (Å²) in [5.74, 6) is -0.275. The van der Waals surface area contributed by atoms with E-state index in [4.69, 9.17) is 10.5 Å². The summed E-state index contributed by atoms with van der Waals surface area (Å²) in [5.41, 5.74) is 5.32. The number of nitrogens with zero attached hydrogens (tertiary/aromatic N) is 1. The Balaban J connectivity index is 4.94. The molecule has 0 aromatic carbocycles. The van der Waals surface area contributed by atoms with Crippen LogP contribution in [0.15, 0.2) is 0 Å². The third-order valence-electron chi connectivity index (χ3n) is 2.55. The molecule has 2 N–H and O–H groups in total. The normalized spacial score (nSPS) is 12.3. The van der Waals surface area contributed by atoms with Crippen molar-refractivity contribution in [2.24, 2.45) is 5.73 Å². The topological polar surface area (TPSA) is 72.6 Å². The Morgan fingerprint density at radius 2 is 1.94 bits per heavy atom. The van der Waals surface area contributed by atoms with Crippen LogP contribution < -0.4 is 5.73 Å². The predicted octanol–water partition coefficient (Wildman–Crippen LogP) is 0.739. The van der Waals surface area contributed by atoms with Crippen molar-refractivity contribution in [2.75, 3.05) is 26.0 Å². The zero-order chi connectivity index (χ0) is 13.5. The van der Waals surface area contributed by atoms with E-state index in [1.165, 1.54) is 4.31 Å². The quantitative estimate of drug-likeness (QED) is 0.631. The van der Waals surface area contributed by atoms with Gasteiger partial charge in [-0.1, -0.05) is 26.1 Å². The minimum absolute atomic E-state index is 0.00151. The Hall–Kier alpha value is -0.240. The van der Waals surface area contributed by atoms with E-state index in [1.54, 1.807) is 7.11 Å². The van der Waals surface area contributed by atoms with E-state index < -0.39 is 10.0 Å². The number of sulfonamides is 1. The third kappa shape index (κ3) is 5.76. The molecule has 0 spiro atoms. The fourth-order valence-electron chi connectivity index (χ4n) is 1.69. The van der Waals surface area contributed by atoms with Crippen molar-refractivity contribution in [3.05, 3.63) is 0 Å². The molecular formula is C10H22N2O3S2. The molecule has 5 nitrogen and oxygen atoms in total. The largest absolute Gasteiger partial charge is 0.392 e. The van der Waals surface area contributed by atoms with E-state index >= 15 is 0 Å². The molecule has 0 heterocycles. The van der Waals surface area contributed by atoms with Gasteiger partial charge in [-0.05, 0) is 12.8 Å². The van der Waals surface area contributed by atoms with Gasteiger partial charge in [0.1, 0.15) is 5.75 Å². The smallest absolute Gasteiger partial charge is 0.220 e. The van der Waals surface area contributed by atoms with Gasteiger partial charge in [-0.15, -0.1) is 0 Å². The van der Waals surface area contributed by atoms with Crippen molar-refractivity contribution in [3.8, 4) is 0 Å². The molecule has 0 fully saturated rings. The minimum Gasteiger partial charge on any atom is -0.392 e. The maximum absolute atomic E-state index is 12.1. The Kier molecular flexibility index (Phi) is 7.85. The van der Waals surface area contributed by atoms with Gasteiger partial charge in [-0.25, -0.2) is 8.42 Å².